The topological polar surface area (TPSA) is 176 Å². The number of aryl methyl sites for hydroxylation is 1. The van der Waals surface area contributed by atoms with Crippen molar-refractivity contribution in [3.05, 3.63) is 49.8 Å². The van der Waals surface area contributed by atoms with E-state index in [1.165, 1.54) is 0 Å². The number of ether oxygens (including phenoxy) is 5. The van der Waals surface area contributed by atoms with Crippen molar-refractivity contribution in [2.24, 2.45) is 7.05 Å². The molecule has 0 bridgehead atoms. The SMILES string of the molecule is CCC(O)COCCC[Si](C)(C)O[Si](C)(C)CCCOCC(O)C[n+]1ccn(CC(O)C[NH+]2C=CN(CC(=O)OCCOCCOC(=O)Cn3cc[n+](C)c3)C2)c1. The predicted molar refractivity (Wildman–Crippen MR) is 214 cm³/mol. The summed E-state index contributed by atoms with van der Waals surface area (Å²) in [5.74, 6) is -0.733. The molecule has 57 heavy (non-hydrogen) atoms. The van der Waals surface area contributed by atoms with Crippen LogP contribution in [0.5, 0.6) is 0 Å². The Morgan fingerprint density at radius 3 is 2.00 bits per heavy atom. The smallest absolute Gasteiger partial charge is 0.348 e. The minimum absolute atomic E-state index is 0.0895. The summed E-state index contributed by atoms with van der Waals surface area (Å²) < 4.78 is 41.3. The Morgan fingerprint density at radius 1 is 0.772 bits per heavy atom. The van der Waals surface area contributed by atoms with E-state index in [-0.39, 0.29) is 64.2 Å². The molecule has 0 aliphatic carbocycles. The van der Waals surface area contributed by atoms with Crippen molar-refractivity contribution in [2.45, 2.75) is 102 Å². The maximum atomic E-state index is 12.3. The van der Waals surface area contributed by atoms with Crippen LogP contribution in [0.15, 0.2) is 49.8 Å². The molecule has 324 valence electrons. The summed E-state index contributed by atoms with van der Waals surface area (Å²) in [4.78, 5) is 27.0. The molecule has 19 heteroatoms. The van der Waals surface area contributed by atoms with Crippen molar-refractivity contribution >= 4 is 28.6 Å². The third-order valence-electron chi connectivity index (χ3n) is 9.24. The molecule has 0 aromatic carbocycles. The molecular formula is C38H71N6O11Si2+3. The van der Waals surface area contributed by atoms with E-state index in [0.29, 0.717) is 52.5 Å². The van der Waals surface area contributed by atoms with Gasteiger partial charge in [0.25, 0.3) is 0 Å². The van der Waals surface area contributed by atoms with E-state index < -0.39 is 28.8 Å². The number of aromatic nitrogens is 4. The number of aliphatic hydroxyl groups is 3. The van der Waals surface area contributed by atoms with Gasteiger partial charge in [-0.05, 0) is 57.5 Å². The lowest BCUT2D eigenvalue weighted by molar-refractivity contribution is -0.852. The summed E-state index contributed by atoms with van der Waals surface area (Å²) in [7, 11) is -1.79. The van der Waals surface area contributed by atoms with E-state index in [9.17, 15) is 24.9 Å². The van der Waals surface area contributed by atoms with Crippen molar-refractivity contribution in [1.82, 2.24) is 14.0 Å². The fraction of sp³-hybridized carbons (Fsp3) is 0.737. The number of rotatable bonds is 31. The lowest BCUT2D eigenvalue weighted by Gasteiger charge is -2.34. The molecule has 3 heterocycles. The maximum absolute atomic E-state index is 12.3. The van der Waals surface area contributed by atoms with Gasteiger partial charge in [-0.15, -0.1) is 0 Å². The minimum Gasteiger partial charge on any atom is -0.462 e. The third kappa shape index (κ3) is 21.5. The predicted octanol–water partition coefficient (Wildman–Crippen LogP) is -0.433. The summed E-state index contributed by atoms with van der Waals surface area (Å²) in [5.41, 5.74) is 0. The molecule has 0 saturated heterocycles. The average molecular weight is 844 g/mol. The molecule has 0 saturated carbocycles. The number of nitrogens with zero attached hydrogens (tertiary/aromatic N) is 5. The van der Waals surface area contributed by atoms with E-state index in [1.54, 1.807) is 17.1 Å². The van der Waals surface area contributed by atoms with Crippen molar-refractivity contribution in [1.29, 1.82) is 0 Å². The Bertz CT molecular complexity index is 1480. The molecule has 4 unspecified atom stereocenters. The molecule has 0 amide bonds. The summed E-state index contributed by atoms with van der Waals surface area (Å²) in [6.45, 7) is 15.5. The highest BCUT2D eigenvalue weighted by atomic mass is 28.4. The van der Waals surface area contributed by atoms with Gasteiger partial charge >= 0.3 is 11.9 Å². The molecule has 4 atom stereocenters. The number of esters is 2. The van der Waals surface area contributed by atoms with Crippen LogP contribution >= 0.6 is 0 Å². The van der Waals surface area contributed by atoms with Crippen molar-refractivity contribution < 1.29 is 66.7 Å². The summed E-state index contributed by atoms with van der Waals surface area (Å²) >= 11 is 0. The zero-order valence-corrected chi connectivity index (χ0v) is 37.1. The van der Waals surface area contributed by atoms with Crippen LogP contribution in [0.3, 0.4) is 0 Å². The molecule has 0 fully saturated rings. The highest BCUT2D eigenvalue weighted by Gasteiger charge is 2.32. The molecule has 1 aliphatic rings. The lowest BCUT2D eigenvalue weighted by Crippen LogP contribution is -3.08. The van der Waals surface area contributed by atoms with Crippen molar-refractivity contribution in [3.8, 4) is 0 Å². The molecule has 1 aliphatic heterocycles. The zero-order chi connectivity index (χ0) is 41.7. The van der Waals surface area contributed by atoms with Crippen LogP contribution in [0.2, 0.25) is 38.3 Å². The van der Waals surface area contributed by atoms with Crippen LogP contribution in [-0.4, -0.2) is 149 Å². The number of carbonyl (C=O) groups excluding carboxylic acids is 2. The largest absolute Gasteiger partial charge is 0.462 e. The minimum atomic E-state index is -1.85. The standard InChI is InChI=1S/C38H70N6O11Si2/c1-7-34(45)29-51-16-8-22-56(3,4)55-57(5,6)23-9-17-52-30-36(47)26-42-13-12-40(32-42)24-35(46)25-41-14-15-44(33-41)28-38(49)54-21-19-50-18-20-53-37(48)27-43-11-10-39(2)31-43/h10-15,31-32,34-36,45-47H,7-9,16-30,33H2,1-6H3/q+2/p+1. The van der Waals surface area contributed by atoms with Crippen molar-refractivity contribution in [2.75, 3.05) is 72.6 Å². The molecule has 0 spiro atoms. The summed E-state index contributed by atoms with van der Waals surface area (Å²) in [6, 6.07) is 2.02. The Labute approximate surface area is 340 Å². The van der Waals surface area contributed by atoms with Gasteiger partial charge in [0.05, 0.1) is 45.8 Å². The van der Waals surface area contributed by atoms with Crippen molar-refractivity contribution in [3.63, 3.8) is 0 Å². The first kappa shape index (κ1) is 48.4. The maximum Gasteiger partial charge on any atom is 0.348 e. The number of aliphatic hydroxyl groups excluding tert-OH is 3. The van der Waals surface area contributed by atoms with E-state index in [1.807, 2.05) is 69.9 Å². The van der Waals surface area contributed by atoms with Crippen LogP contribution in [0, 0.1) is 0 Å². The molecule has 2 aromatic rings. The van der Waals surface area contributed by atoms with Gasteiger partial charge in [0, 0.05) is 13.2 Å². The van der Waals surface area contributed by atoms with Gasteiger partial charge in [-0.2, -0.15) is 0 Å². The van der Waals surface area contributed by atoms with Gasteiger partial charge < -0.3 is 48.0 Å². The van der Waals surface area contributed by atoms with Crippen LogP contribution in [0.25, 0.3) is 0 Å². The molecular weight excluding hydrogens is 773 g/mol. The monoisotopic (exact) mass is 843 g/mol. The molecule has 3 rings (SSSR count). The molecule has 2 aromatic heterocycles. The second-order valence-electron chi connectivity index (χ2n) is 16.0. The Balaban J connectivity index is 1.19. The van der Waals surface area contributed by atoms with Crippen LogP contribution in [0.4, 0.5) is 0 Å². The number of hydrogen-bond acceptors (Lipinski definition) is 12. The van der Waals surface area contributed by atoms with Gasteiger partial charge in [-0.25, -0.2) is 23.1 Å². The second kappa shape index (κ2) is 25.5. The van der Waals surface area contributed by atoms with E-state index in [4.69, 9.17) is 27.8 Å². The number of quaternary nitrogens is 1. The van der Waals surface area contributed by atoms with E-state index in [0.717, 1.165) is 29.8 Å². The first-order chi connectivity index (χ1) is 27.1. The highest BCUT2D eigenvalue weighted by Crippen LogP contribution is 2.24. The second-order valence-corrected chi connectivity index (χ2v) is 24.9. The van der Waals surface area contributed by atoms with Crippen LogP contribution in [-0.2, 0) is 64.1 Å². The number of hydrogen-bond donors (Lipinski definition) is 4. The first-order valence-corrected chi connectivity index (χ1v) is 26.5. The number of imidazole rings is 2. The summed E-state index contributed by atoms with van der Waals surface area (Å²) in [6.07, 6.45) is 15.6. The Morgan fingerprint density at radius 2 is 1.39 bits per heavy atom. The first-order valence-electron chi connectivity index (χ1n) is 20.2. The molecule has 4 N–H and O–H groups in total. The van der Waals surface area contributed by atoms with Gasteiger partial charge in [0.15, 0.2) is 29.8 Å². The third-order valence-corrected chi connectivity index (χ3v) is 16.8. The number of nitrogens with one attached hydrogen (secondary N) is 1. The van der Waals surface area contributed by atoms with Crippen LogP contribution in [0.1, 0.15) is 26.2 Å². The lowest BCUT2D eigenvalue weighted by atomic mass is 10.3. The number of carbonyl (C=O) groups is 2. The van der Waals surface area contributed by atoms with Gasteiger partial charge in [-0.3, -0.25) is 9.69 Å². The Hall–Kier alpha value is -2.99. The van der Waals surface area contributed by atoms with Crippen LogP contribution < -0.4 is 14.0 Å². The van der Waals surface area contributed by atoms with Gasteiger partial charge in [0.2, 0.25) is 12.7 Å². The molecule has 0 radical (unpaired) electrons. The van der Waals surface area contributed by atoms with E-state index in [2.05, 4.69) is 26.2 Å². The summed E-state index contributed by atoms with van der Waals surface area (Å²) in [5, 5.41) is 31.0. The fourth-order valence-electron chi connectivity index (χ4n) is 6.52. The van der Waals surface area contributed by atoms with E-state index >= 15 is 0 Å². The average Bonchev–Trinajstić information content (AvgIpc) is 3.88. The Kier molecular flexibility index (Phi) is 21.6. The zero-order valence-electron chi connectivity index (χ0n) is 35.1. The quantitative estimate of drug-likeness (QED) is 0.0335. The van der Waals surface area contributed by atoms with Gasteiger partial charge in [0.1, 0.15) is 82.6 Å². The normalized spacial score (nSPS) is 16.2. The fourth-order valence-corrected chi connectivity index (χ4v) is 15.3. The molecule has 17 nitrogen and oxygen atoms in total. The highest BCUT2D eigenvalue weighted by molar-refractivity contribution is 6.84. The van der Waals surface area contributed by atoms with Gasteiger partial charge in [-0.1, -0.05) is 6.92 Å².